The van der Waals surface area contributed by atoms with Crippen LogP contribution in [0.15, 0.2) is 42.5 Å². The number of unbranched alkanes of at least 4 members (excludes halogenated alkanes) is 1. The number of phenols is 1. The standard InChI is InChI=1S/C32H47N3O5/c1-10-11-19-33-28(37)27(25-14-12-13-21(2)22(25)3)35(31(4,5)6)29(38)26(34-30(39)40-32(7,8)9)20-23-15-17-24(36)18-16-23/h12-18,26-27,36H,10-11,19-20H2,1-9H3,(H,33,37)(H,34,39). The molecule has 220 valence electrons. The van der Waals surface area contributed by atoms with Gasteiger partial charge in [0.2, 0.25) is 11.8 Å². The Bertz CT molecular complexity index is 1160. The SMILES string of the molecule is CCCCNC(=O)C(c1cccc(C)c1C)N(C(=O)C(Cc1ccc(O)cc1)NC(=O)OC(C)(C)C)C(C)(C)C. The first-order valence-electron chi connectivity index (χ1n) is 14.0. The number of aromatic hydroxyl groups is 1. The second-order valence-corrected chi connectivity index (χ2v) is 12.3. The van der Waals surface area contributed by atoms with Gasteiger partial charge in [0, 0.05) is 18.5 Å². The number of carbonyl (C=O) groups excluding carboxylic acids is 3. The number of nitrogens with zero attached hydrogens (tertiary/aromatic N) is 1. The number of ether oxygens (including phenoxy) is 1. The van der Waals surface area contributed by atoms with E-state index in [2.05, 4.69) is 17.6 Å². The van der Waals surface area contributed by atoms with E-state index in [-0.39, 0.29) is 18.1 Å². The highest BCUT2D eigenvalue weighted by Crippen LogP contribution is 2.33. The summed E-state index contributed by atoms with van der Waals surface area (Å²) >= 11 is 0. The number of amides is 3. The van der Waals surface area contributed by atoms with Crippen LogP contribution in [-0.2, 0) is 20.7 Å². The Labute approximate surface area is 239 Å². The number of nitrogens with one attached hydrogen (secondary N) is 2. The summed E-state index contributed by atoms with van der Waals surface area (Å²) < 4.78 is 5.49. The van der Waals surface area contributed by atoms with Gasteiger partial charge in [-0.2, -0.15) is 0 Å². The number of carbonyl (C=O) groups is 3. The van der Waals surface area contributed by atoms with Crippen molar-refractivity contribution < 1.29 is 24.2 Å². The first kappa shape index (κ1) is 32.7. The molecule has 2 rings (SSSR count). The molecule has 0 aliphatic heterocycles. The molecule has 0 bridgehead atoms. The van der Waals surface area contributed by atoms with Crippen molar-refractivity contribution in [2.75, 3.05) is 6.54 Å². The third kappa shape index (κ3) is 9.28. The van der Waals surface area contributed by atoms with Crippen molar-refractivity contribution in [3.8, 4) is 5.75 Å². The van der Waals surface area contributed by atoms with E-state index in [9.17, 15) is 19.5 Å². The predicted molar refractivity (Wildman–Crippen MR) is 158 cm³/mol. The van der Waals surface area contributed by atoms with Crippen molar-refractivity contribution in [3.63, 3.8) is 0 Å². The maximum Gasteiger partial charge on any atom is 0.408 e. The summed E-state index contributed by atoms with van der Waals surface area (Å²) in [4.78, 5) is 42.9. The smallest absolute Gasteiger partial charge is 0.408 e. The number of phenolic OH excluding ortho intramolecular Hbond substituents is 1. The van der Waals surface area contributed by atoms with Gasteiger partial charge in [0.05, 0.1) is 0 Å². The van der Waals surface area contributed by atoms with Crippen LogP contribution < -0.4 is 10.6 Å². The maximum atomic E-state index is 14.5. The average Bonchev–Trinajstić information content (AvgIpc) is 2.83. The summed E-state index contributed by atoms with van der Waals surface area (Å²) in [7, 11) is 0. The third-order valence-corrected chi connectivity index (χ3v) is 6.60. The van der Waals surface area contributed by atoms with Crippen LogP contribution in [0.2, 0.25) is 0 Å². The van der Waals surface area contributed by atoms with Gasteiger partial charge in [-0.05, 0) is 96.2 Å². The largest absolute Gasteiger partial charge is 0.508 e. The van der Waals surface area contributed by atoms with Gasteiger partial charge >= 0.3 is 6.09 Å². The van der Waals surface area contributed by atoms with Crippen LogP contribution in [-0.4, -0.2) is 51.6 Å². The Morgan fingerprint density at radius 3 is 2.15 bits per heavy atom. The van der Waals surface area contributed by atoms with Gasteiger partial charge in [-0.25, -0.2) is 4.79 Å². The molecule has 2 atom stereocenters. The molecule has 0 saturated heterocycles. The van der Waals surface area contributed by atoms with Crippen molar-refractivity contribution in [1.29, 1.82) is 0 Å². The number of benzene rings is 2. The van der Waals surface area contributed by atoms with Crippen molar-refractivity contribution in [3.05, 3.63) is 64.7 Å². The van der Waals surface area contributed by atoms with E-state index in [1.165, 1.54) is 12.1 Å². The number of hydrogen-bond acceptors (Lipinski definition) is 5. The fourth-order valence-electron chi connectivity index (χ4n) is 4.48. The lowest BCUT2D eigenvalue weighted by molar-refractivity contribution is -0.148. The van der Waals surface area contributed by atoms with Crippen LogP contribution in [0.1, 0.15) is 89.6 Å². The van der Waals surface area contributed by atoms with Gasteiger partial charge in [0.1, 0.15) is 23.4 Å². The molecule has 0 aliphatic carbocycles. The molecule has 8 heteroatoms. The van der Waals surface area contributed by atoms with Crippen LogP contribution in [0.3, 0.4) is 0 Å². The molecule has 0 fully saturated rings. The van der Waals surface area contributed by atoms with E-state index in [1.807, 2.05) is 52.8 Å². The number of alkyl carbamates (subject to hydrolysis) is 1. The fraction of sp³-hybridized carbons (Fsp3) is 0.531. The van der Waals surface area contributed by atoms with Crippen molar-refractivity contribution in [2.45, 2.75) is 105 Å². The third-order valence-electron chi connectivity index (χ3n) is 6.60. The normalized spacial score (nSPS) is 13.2. The summed E-state index contributed by atoms with van der Waals surface area (Å²) in [5, 5.41) is 15.6. The first-order valence-corrected chi connectivity index (χ1v) is 14.0. The highest BCUT2D eigenvalue weighted by Gasteiger charge is 2.42. The highest BCUT2D eigenvalue weighted by molar-refractivity contribution is 5.93. The summed E-state index contributed by atoms with van der Waals surface area (Å²) in [6, 6.07) is 10.3. The van der Waals surface area contributed by atoms with Crippen LogP contribution in [0.4, 0.5) is 4.79 Å². The fourth-order valence-corrected chi connectivity index (χ4v) is 4.48. The molecule has 0 saturated carbocycles. The van der Waals surface area contributed by atoms with Gasteiger partial charge in [0.25, 0.3) is 0 Å². The van der Waals surface area contributed by atoms with E-state index in [4.69, 9.17) is 4.74 Å². The molecule has 3 N–H and O–H groups in total. The van der Waals surface area contributed by atoms with Gasteiger partial charge in [-0.1, -0.05) is 43.7 Å². The number of rotatable bonds is 10. The molecule has 2 unspecified atom stereocenters. The molecular formula is C32H47N3O5. The topological polar surface area (TPSA) is 108 Å². The molecule has 2 aromatic carbocycles. The Morgan fingerprint density at radius 1 is 0.975 bits per heavy atom. The Hall–Kier alpha value is -3.55. The second-order valence-electron chi connectivity index (χ2n) is 12.3. The molecular weight excluding hydrogens is 506 g/mol. The lowest BCUT2D eigenvalue weighted by Crippen LogP contribution is -2.59. The van der Waals surface area contributed by atoms with Gasteiger partial charge in [0.15, 0.2) is 0 Å². The molecule has 8 nitrogen and oxygen atoms in total. The van der Waals surface area contributed by atoms with Crippen LogP contribution >= 0.6 is 0 Å². The maximum absolute atomic E-state index is 14.5. The van der Waals surface area contributed by atoms with E-state index in [1.54, 1.807) is 37.8 Å². The Kier molecular flexibility index (Phi) is 11.2. The molecule has 3 amide bonds. The lowest BCUT2D eigenvalue weighted by atomic mass is 9.90. The lowest BCUT2D eigenvalue weighted by Gasteiger charge is -2.43. The van der Waals surface area contributed by atoms with Crippen molar-refractivity contribution in [2.24, 2.45) is 0 Å². The first-order chi connectivity index (χ1) is 18.5. The van der Waals surface area contributed by atoms with E-state index >= 15 is 0 Å². The molecule has 40 heavy (non-hydrogen) atoms. The number of aryl methyl sites for hydroxylation is 1. The molecule has 0 heterocycles. The molecule has 0 radical (unpaired) electrons. The zero-order chi connectivity index (χ0) is 30.3. The van der Waals surface area contributed by atoms with Crippen LogP contribution in [0.25, 0.3) is 0 Å². The summed E-state index contributed by atoms with van der Waals surface area (Å²) in [6.45, 7) is 17.4. The predicted octanol–water partition coefficient (Wildman–Crippen LogP) is 5.73. The van der Waals surface area contributed by atoms with E-state index in [0.717, 1.165) is 35.1 Å². The van der Waals surface area contributed by atoms with E-state index in [0.29, 0.717) is 6.54 Å². The quantitative estimate of drug-likeness (QED) is 0.326. The van der Waals surface area contributed by atoms with Crippen LogP contribution in [0.5, 0.6) is 5.75 Å². The molecule has 0 aliphatic rings. The average molecular weight is 554 g/mol. The molecule has 2 aromatic rings. The van der Waals surface area contributed by atoms with E-state index < -0.39 is 35.2 Å². The summed E-state index contributed by atoms with van der Waals surface area (Å²) in [6.07, 6.45) is 1.15. The summed E-state index contributed by atoms with van der Waals surface area (Å²) in [5.41, 5.74) is 1.85. The van der Waals surface area contributed by atoms with Gasteiger partial charge in [-0.3, -0.25) is 9.59 Å². The molecule has 0 spiro atoms. The van der Waals surface area contributed by atoms with Gasteiger partial charge < -0.3 is 25.4 Å². The highest BCUT2D eigenvalue weighted by atomic mass is 16.6. The van der Waals surface area contributed by atoms with Crippen molar-refractivity contribution in [1.82, 2.24) is 15.5 Å². The summed E-state index contributed by atoms with van der Waals surface area (Å²) in [5.74, 6) is -0.587. The molecule has 0 aromatic heterocycles. The Balaban J connectivity index is 2.64. The van der Waals surface area contributed by atoms with Crippen LogP contribution in [0, 0.1) is 13.8 Å². The minimum atomic E-state index is -1.03. The zero-order valence-corrected chi connectivity index (χ0v) is 25.6. The minimum absolute atomic E-state index is 0.0989. The Morgan fingerprint density at radius 2 is 1.60 bits per heavy atom. The number of hydrogen-bond donors (Lipinski definition) is 3. The second kappa shape index (κ2) is 13.7. The zero-order valence-electron chi connectivity index (χ0n) is 25.6. The monoisotopic (exact) mass is 553 g/mol. The minimum Gasteiger partial charge on any atom is -0.508 e. The van der Waals surface area contributed by atoms with Crippen molar-refractivity contribution >= 4 is 17.9 Å². The van der Waals surface area contributed by atoms with Gasteiger partial charge in [-0.15, -0.1) is 0 Å².